The molecule has 0 aliphatic carbocycles. The van der Waals surface area contributed by atoms with Gasteiger partial charge in [0.25, 0.3) is 0 Å². The summed E-state index contributed by atoms with van der Waals surface area (Å²) in [5.41, 5.74) is 0. The summed E-state index contributed by atoms with van der Waals surface area (Å²) in [6.07, 6.45) is 80.1. The molecule has 0 aliphatic heterocycles. The minimum atomic E-state index is -0.595. The van der Waals surface area contributed by atoms with E-state index < -0.39 is 6.10 Å². The third kappa shape index (κ3) is 52.4. The van der Waals surface area contributed by atoms with Gasteiger partial charge < -0.3 is 14.2 Å². The van der Waals surface area contributed by atoms with Crippen molar-refractivity contribution in [2.45, 2.75) is 207 Å². The first-order valence-corrected chi connectivity index (χ1v) is 26.4. The van der Waals surface area contributed by atoms with Gasteiger partial charge in [0.05, 0.1) is 6.61 Å². The zero-order valence-corrected chi connectivity index (χ0v) is 42.4. The average molecular weight is 909 g/mol. The van der Waals surface area contributed by atoms with Crippen molar-refractivity contribution in [3.05, 3.63) is 146 Å². The highest BCUT2D eigenvalue weighted by molar-refractivity contribution is 5.70. The first kappa shape index (κ1) is 61.8. The van der Waals surface area contributed by atoms with E-state index in [9.17, 15) is 9.59 Å². The van der Waals surface area contributed by atoms with Gasteiger partial charge in [-0.15, -0.1) is 0 Å². The summed E-state index contributed by atoms with van der Waals surface area (Å²) >= 11 is 0. The van der Waals surface area contributed by atoms with E-state index in [0.29, 0.717) is 19.4 Å². The molecule has 0 spiro atoms. The molecule has 0 aromatic rings. The van der Waals surface area contributed by atoms with Crippen LogP contribution in [-0.2, 0) is 23.8 Å². The Balaban J connectivity index is 4.47. The van der Waals surface area contributed by atoms with Gasteiger partial charge in [-0.2, -0.15) is 0 Å². The fourth-order valence-corrected chi connectivity index (χ4v) is 6.56. The standard InChI is InChI=1S/C61H96O5/c1-4-7-10-13-16-19-22-25-28-30-31-33-34-36-39-42-45-48-51-54-60(62)65-58-59(57-64-56-53-50-47-44-41-38-27-24-21-18-15-12-9-6-3)66-61(63)55-52-49-46-43-40-37-35-32-29-26-23-20-17-14-11-8-5-2/h7-12,16-21,25-29,31,33,36,38-39,45,48,59H,4-6,13-15,22-24,30,32,34-35,37,40-44,46-47,49-58H2,1-3H3/b10-7-,11-8-,12-9-,19-16-,20-17-,21-18-,28-25-,29-26-,33-31-,38-27-,39-36-,48-45-. The number of ether oxygens (including phenoxy) is 3. The summed E-state index contributed by atoms with van der Waals surface area (Å²) < 4.78 is 17.3. The molecule has 1 unspecified atom stereocenters. The van der Waals surface area contributed by atoms with Crippen LogP contribution >= 0.6 is 0 Å². The summed E-state index contributed by atoms with van der Waals surface area (Å²) in [6.45, 7) is 7.33. The second-order valence-corrected chi connectivity index (χ2v) is 16.6. The van der Waals surface area contributed by atoms with Gasteiger partial charge in [0.15, 0.2) is 6.10 Å². The Bertz CT molecular complexity index is 1450. The van der Waals surface area contributed by atoms with Gasteiger partial charge in [-0.1, -0.05) is 212 Å². The predicted octanol–water partition coefficient (Wildman–Crippen LogP) is 18.1. The first-order valence-electron chi connectivity index (χ1n) is 26.4. The van der Waals surface area contributed by atoms with E-state index in [1.807, 2.05) is 6.08 Å². The third-order valence-corrected chi connectivity index (χ3v) is 10.4. The molecule has 0 fully saturated rings. The van der Waals surface area contributed by atoms with Gasteiger partial charge in [-0.25, -0.2) is 0 Å². The zero-order chi connectivity index (χ0) is 47.7. The normalized spacial score (nSPS) is 13.4. The van der Waals surface area contributed by atoms with Crippen molar-refractivity contribution in [1.82, 2.24) is 0 Å². The van der Waals surface area contributed by atoms with Crippen molar-refractivity contribution in [3.8, 4) is 0 Å². The van der Waals surface area contributed by atoms with E-state index in [-0.39, 0.29) is 31.6 Å². The highest BCUT2D eigenvalue weighted by Crippen LogP contribution is 2.12. The molecule has 0 heterocycles. The molecule has 5 heteroatoms. The molecule has 0 saturated heterocycles. The maximum Gasteiger partial charge on any atom is 0.306 e. The molecule has 0 radical (unpaired) electrons. The maximum atomic E-state index is 12.8. The van der Waals surface area contributed by atoms with Crippen LogP contribution in [0, 0.1) is 0 Å². The minimum Gasteiger partial charge on any atom is -0.462 e. The van der Waals surface area contributed by atoms with Crippen LogP contribution in [0.1, 0.15) is 201 Å². The van der Waals surface area contributed by atoms with Gasteiger partial charge in [0, 0.05) is 19.4 Å². The molecule has 0 amide bonds. The van der Waals surface area contributed by atoms with Crippen molar-refractivity contribution in [1.29, 1.82) is 0 Å². The Labute approximate surface area is 406 Å². The number of esters is 2. The summed E-state index contributed by atoms with van der Waals surface area (Å²) in [5, 5.41) is 0. The van der Waals surface area contributed by atoms with Crippen LogP contribution in [-0.4, -0.2) is 37.9 Å². The Morgan fingerprint density at radius 2 is 0.667 bits per heavy atom. The largest absolute Gasteiger partial charge is 0.462 e. The molecule has 66 heavy (non-hydrogen) atoms. The molecule has 0 saturated carbocycles. The fourth-order valence-electron chi connectivity index (χ4n) is 6.56. The lowest BCUT2D eigenvalue weighted by atomic mass is 10.1. The monoisotopic (exact) mass is 909 g/mol. The van der Waals surface area contributed by atoms with Crippen LogP contribution in [0.3, 0.4) is 0 Å². The summed E-state index contributed by atoms with van der Waals surface area (Å²) in [5.74, 6) is -0.530. The molecular weight excluding hydrogens is 813 g/mol. The second kappa shape index (κ2) is 55.1. The maximum absolute atomic E-state index is 12.8. The number of allylic oxidation sites excluding steroid dienone is 24. The molecular formula is C61H96O5. The van der Waals surface area contributed by atoms with E-state index in [1.165, 1.54) is 32.1 Å². The molecule has 0 N–H and O–H groups in total. The van der Waals surface area contributed by atoms with E-state index in [0.717, 1.165) is 128 Å². The van der Waals surface area contributed by atoms with Gasteiger partial charge >= 0.3 is 11.9 Å². The van der Waals surface area contributed by atoms with E-state index in [2.05, 4.69) is 161 Å². The highest BCUT2D eigenvalue weighted by Gasteiger charge is 2.17. The predicted molar refractivity (Wildman–Crippen MR) is 288 cm³/mol. The van der Waals surface area contributed by atoms with E-state index in [1.54, 1.807) is 0 Å². The van der Waals surface area contributed by atoms with Crippen molar-refractivity contribution in [2.75, 3.05) is 19.8 Å². The van der Waals surface area contributed by atoms with Gasteiger partial charge in [-0.3, -0.25) is 9.59 Å². The SMILES string of the molecule is CC/C=C\C/C=C\C/C=C\C/C=C\C/C=C\C/C=C\CCC(=O)OCC(COCCCCCC/C=C\C/C=C\C/C=C\CC)OC(=O)CCCCCCCCC/C=C\C/C=C\C/C=C\CC. The van der Waals surface area contributed by atoms with Crippen molar-refractivity contribution >= 4 is 11.9 Å². The molecule has 5 nitrogen and oxygen atoms in total. The molecule has 0 aromatic carbocycles. The van der Waals surface area contributed by atoms with E-state index >= 15 is 0 Å². The highest BCUT2D eigenvalue weighted by atomic mass is 16.6. The topological polar surface area (TPSA) is 61.8 Å². The lowest BCUT2D eigenvalue weighted by Crippen LogP contribution is -2.30. The Morgan fingerprint density at radius 3 is 1.08 bits per heavy atom. The summed E-state index contributed by atoms with van der Waals surface area (Å²) in [6, 6.07) is 0. The number of hydrogen-bond donors (Lipinski definition) is 0. The first-order chi connectivity index (χ1) is 32.6. The Morgan fingerprint density at radius 1 is 0.333 bits per heavy atom. The van der Waals surface area contributed by atoms with Crippen molar-refractivity contribution < 1.29 is 23.8 Å². The molecule has 0 rings (SSSR count). The van der Waals surface area contributed by atoms with Crippen LogP contribution in [0.15, 0.2) is 146 Å². The molecule has 370 valence electrons. The molecule has 0 aliphatic rings. The number of rotatable bonds is 46. The fraction of sp³-hybridized carbons (Fsp3) is 0.574. The number of unbranched alkanes of at least 4 members (excludes halogenated alkanes) is 11. The van der Waals surface area contributed by atoms with Gasteiger partial charge in [0.2, 0.25) is 0 Å². The lowest BCUT2D eigenvalue weighted by Gasteiger charge is -2.18. The quantitative estimate of drug-likeness (QED) is 0.0346. The van der Waals surface area contributed by atoms with Crippen molar-refractivity contribution in [3.63, 3.8) is 0 Å². The average Bonchev–Trinajstić information content (AvgIpc) is 3.32. The molecule has 0 bridgehead atoms. The lowest BCUT2D eigenvalue weighted by molar-refractivity contribution is -0.162. The Hall–Kier alpha value is -4.22. The second-order valence-electron chi connectivity index (χ2n) is 16.6. The van der Waals surface area contributed by atoms with Gasteiger partial charge in [-0.05, 0) is 122 Å². The smallest absolute Gasteiger partial charge is 0.306 e. The van der Waals surface area contributed by atoms with Crippen LogP contribution in [0.2, 0.25) is 0 Å². The van der Waals surface area contributed by atoms with E-state index in [4.69, 9.17) is 14.2 Å². The summed E-state index contributed by atoms with van der Waals surface area (Å²) in [7, 11) is 0. The number of carbonyl (C=O) groups excluding carboxylic acids is 2. The van der Waals surface area contributed by atoms with Crippen molar-refractivity contribution in [2.24, 2.45) is 0 Å². The number of hydrogen-bond acceptors (Lipinski definition) is 5. The minimum absolute atomic E-state index is 0.0216. The van der Waals surface area contributed by atoms with Crippen LogP contribution in [0.25, 0.3) is 0 Å². The molecule has 1 atom stereocenters. The van der Waals surface area contributed by atoms with Crippen LogP contribution in [0.5, 0.6) is 0 Å². The van der Waals surface area contributed by atoms with Gasteiger partial charge in [0.1, 0.15) is 6.61 Å². The third-order valence-electron chi connectivity index (χ3n) is 10.4. The number of carbonyl (C=O) groups is 2. The Kier molecular flexibility index (Phi) is 51.6. The van der Waals surface area contributed by atoms with Crippen LogP contribution < -0.4 is 0 Å². The zero-order valence-electron chi connectivity index (χ0n) is 42.4. The van der Waals surface area contributed by atoms with Crippen LogP contribution in [0.4, 0.5) is 0 Å². The molecule has 0 aromatic heterocycles. The summed E-state index contributed by atoms with van der Waals surface area (Å²) in [4.78, 5) is 25.4.